The maximum absolute atomic E-state index is 10.2. The van der Waals surface area contributed by atoms with E-state index in [1.807, 2.05) is 0 Å². The monoisotopic (exact) mass is 324 g/mol. The molecule has 9 heteroatoms. The molecule has 0 aliphatic carbocycles. The van der Waals surface area contributed by atoms with Crippen molar-refractivity contribution in [3.63, 3.8) is 0 Å². The van der Waals surface area contributed by atoms with Crippen LogP contribution in [0.1, 0.15) is 6.42 Å². The molecule has 2 aliphatic heterocycles. The quantitative estimate of drug-likeness (QED) is 0.357. The van der Waals surface area contributed by atoms with E-state index in [4.69, 9.17) is 24.1 Å². The molecule has 2 saturated heterocycles. The van der Waals surface area contributed by atoms with E-state index in [1.165, 1.54) is 7.11 Å². The molecular weight excluding hydrogens is 300 g/mol. The molecule has 0 unspecified atom stereocenters. The van der Waals surface area contributed by atoms with Gasteiger partial charge in [0, 0.05) is 13.7 Å². The second-order valence-corrected chi connectivity index (χ2v) is 5.52. The van der Waals surface area contributed by atoms with Crippen LogP contribution in [0, 0.1) is 0 Å². The minimum absolute atomic E-state index is 0.190. The summed E-state index contributed by atoms with van der Waals surface area (Å²) in [5.74, 6) is 0. The molecule has 0 spiro atoms. The van der Waals surface area contributed by atoms with Gasteiger partial charge in [0.2, 0.25) is 0 Å². The number of hydrogen-bond acceptors (Lipinski definition) is 9. The SMILES string of the molecule is COC[C@H]1OCC[C@@H](O[C@H]2O[C@H](CO)[C@@H](O)[C@H](O)[C@H]2O)[C@@H]1O. The van der Waals surface area contributed by atoms with Crippen LogP contribution in [0.3, 0.4) is 0 Å². The predicted molar refractivity (Wildman–Crippen MR) is 70.9 cm³/mol. The van der Waals surface area contributed by atoms with Crippen LogP contribution in [0.5, 0.6) is 0 Å². The van der Waals surface area contributed by atoms with E-state index in [9.17, 15) is 20.4 Å². The highest BCUT2D eigenvalue weighted by atomic mass is 16.7. The number of aliphatic hydroxyl groups is 5. The van der Waals surface area contributed by atoms with Crippen LogP contribution in [0.25, 0.3) is 0 Å². The zero-order valence-corrected chi connectivity index (χ0v) is 12.3. The first-order valence-electron chi connectivity index (χ1n) is 7.24. The molecule has 9 nitrogen and oxygen atoms in total. The minimum Gasteiger partial charge on any atom is -0.394 e. The molecule has 8 atom stereocenters. The van der Waals surface area contributed by atoms with Gasteiger partial charge in [0.15, 0.2) is 6.29 Å². The van der Waals surface area contributed by atoms with Crippen molar-refractivity contribution in [2.45, 2.75) is 55.4 Å². The van der Waals surface area contributed by atoms with E-state index < -0.39 is 55.6 Å². The van der Waals surface area contributed by atoms with Gasteiger partial charge in [-0.15, -0.1) is 0 Å². The Morgan fingerprint density at radius 3 is 2.36 bits per heavy atom. The highest BCUT2D eigenvalue weighted by Crippen LogP contribution is 2.26. The molecule has 0 bridgehead atoms. The van der Waals surface area contributed by atoms with Gasteiger partial charge in [-0.1, -0.05) is 0 Å². The summed E-state index contributed by atoms with van der Waals surface area (Å²) in [5, 5.41) is 48.7. The van der Waals surface area contributed by atoms with Crippen LogP contribution in [0.4, 0.5) is 0 Å². The Morgan fingerprint density at radius 2 is 1.73 bits per heavy atom. The van der Waals surface area contributed by atoms with Crippen molar-refractivity contribution in [1.29, 1.82) is 0 Å². The maximum atomic E-state index is 10.2. The van der Waals surface area contributed by atoms with Gasteiger partial charge in [-0.05, 0) is 6.42 Å². The fourth-order valence-electron chi connectivity index (χ4n) is 2.66. The van der Waals surface area contributed by atoms with E-state index in [0.29, 0.717) is 13.0 Å². The largest absolute Gasteiger partial charge is 0.394 e. The second-order valence-electron chi connectivity index (χ2n) is 5.52. The molecule has 2 rings (SSSR count). The van der Waals surface area contributed by atoms with E-state index in [1.54, 1.807) is 0 Å². The third-order valence-electron chi connectivity index (χ3n) is 3.98. The Bertz CT molecular complexity index is 337. The summed E-state index contributed by atoms with van der Waals surface area (Å²) in [7, 11) is 1.48. The first-order valence-corrected chi connectivity index (χ1v) is 7.24. The Morgan fingerprint density at radius 1 is 1.00 bits per heavy atom. The van der Waals surface area contributed by atoms with Crippen molar-refractivity contribution in [2.24, 2.45) is 0 Å². The summed E-state index contributed by atoms with van der Waals surface area (Å²) in [4.78, 5) is 0. The van der Waals surface area contributed by atoms with Gasteiger partial charge in [-0.25, -0.2) is 0 Å². The Labute approximate surface area is 128 Å². The average molecular weight is 324 g/mol. The van der Waals surface area contributed by atoms with Gasteiger partial charge in [0.1, 0.15) is 36.6 Å². The molecule has 0 aromatic carbocycles. The fraction of sp³-hybridized carbons (Fsp3) is 1.00. The molecule has 22 heavy (non-hydrogen) atoms. The van der Waals surface area contributed by atoms with Crippen molar-refractivity contribution in [1.82, 2.24) is 0 Å². The van der Waals surface area contributed by atoms with Crippen LogP contribution in [0.2, 0.25) is 0 Å². The van der Waals surface area contributed by atoms with Gasteiger partial charge >= 0.3 is 0 Å². The average Bonchev–Trinajstić information content (AvgIpc) is 2.51. The molecular formula is C13H24O9. The van der Waals surface area contributed by atoms with Crippen LogP contribution in [0.15, 0.2) is 0 Å². The van der Waals surface area contributed by atoms with E-state index >= 15 is 0 Å². The Kier molecular flexibility index (Phi) is 6.50. The van der Waals surface area contributed by atoms with Crippen molar-refractivity contribution in [3.8, 4) is 0 Å². The highest BCUT2D eigenvalue weighted by molar-refractivity contribution is 4.90. The molecule has 2 fully saturated rings. The normalized spacial score (nSPS) is 46.6. The van der Waals surface area contributed by atoms with E-state index in [-0.39, 0.29) is 6.61 Å². The molecule has 0 amide bonds. The van der Waals surface area contributed by atoms with Crippen LogP contribution in [-0.4, -0.2) is 101 Å². The Hall–Kier alpha value is -0.360. The van der Waals surface area contributed by atoms with Crippen molar-refractivity contribution in [3.05, 3.63) is 0 Å². The van der Waals surface area contributed by atoms with Crippen molar-refractivity contribution in [2.75, 3.05) is 26.9 Å². The maximum Gasteiger partial charge on any atom is 0.187 e. The van der Waals surface area contributed by atoms with E-state index in [0.717, 1.165) is 0 Å². The number of aliphatic hydroxyl groups excluding tert-OH is 5. The van der Waals surface area contributed by atoms with Crippen molar-refractivity contribution < 1.29 is 44.5 Å². The van der Waals surface area contributed by atoms with Crippen molar-refractivity contribution >= 4 is 0 Å². The Balaban J connectivity index is 1.99. The lowest BCUT2D eigenvalue weighted by Crippen LogP contribution is -2.61. The summed E-state index contributed by atoms with van der Waals surface area (Å²) in [6, 6.07) is 0. The summed E-state index contributed by atoms with van der Waals surface area (Å²) in [6.45, 7) is -0.00365. The standard InChI is InChI=1S/C13H24O9/c1-19-5-8-9(15)6(2-3-20-8)21-13-12(18)11(17)10(16)7(4-14)22-13/h6-18H,2-5H2,1H3/t6-,7-,8-,9+,10-,11+,12-,13+/m1/s1. The summed E-state index contributed by atoms with van der Waals surface area (Å²) >= 11 is 0. The number of methoxy groups -OCH3 is 1. The van der Waals surface area contributed by atoms with Gasteiger partial charge in [-0.2, -0.15) is 0 Å². The first-order chi connectivity index (χ1) is 10.5. The smallest absolute Gasteiger partial charge is 0.187 e. The molecule has 2 heterocycles. The van der Waals surface area contributed by atoms with Gasteiger partial charge in [0.25, 0.3) is 0 Å². The van der Waals surface area contributed by atoms with Gasteiger partial charge in [0.05, 0.1) is 19.3 Å². The molecule has 5 N–H and O–H groups in total. The second kappa shape index (κ2) is 7.95. The lowest BCUT2D eigenvalue weighted by Gasteiger charge is -2.43. The molecule has 0 radical (unpaired) electrons. The molecule has 2 aliphatic rings. The summed E-state index contributed by atoms with van der Waals surface area (Å²) in [5.41, 5.74) is 0. The lowest BCUT2D eigenvalue weighted by atomic mass is 9.98. The fourth-order valence-corrected chi connectivity index (χ4v) is 2.66. The zero-order valence-electron chi connectivity index (χ0n) is 12.3. The third kappa shape index (κ3) is 3.75. The van der Waals surface area contributed by atoms with E-state index in [2.05, 4.69) is 0 Å². The first kappa shape index (κ1) is 18.0. The molecule has 130 valence electrons. The zero-order chi connectivity index (χ0) is 16.3. The van der Waals surface area contributed by atoms with Gasteiger partial charge in [-0.3, -0.25) is 0 Å². The van der Waals surface area contributed by atoms with Crippen LogP contribution in [-0.2, 0) is 18.9 Å². The summed E-state index contributed by atoms with van der Waals surface area (Å²) < 4.78 is 21.1. The number of hydrogen-bond donors (Lipinski definition) is 5. The lowest BCUT2D eigenvalue weighted by molar-refractivity contribution is -0.325. The predicted octanol–water partition coefficient (Wildman–Crippen LogP) is -3.03. The molecule has 0 aromatic heterocycles. The summed E-state index contributed by atoms with van der Waals surface area (Å²) in [6.07, 6.45) is -8.62. The van der Waals surface area contributed by atoms with Crippen LogP contribution >= 0.6 is 0 Å². The number of rotatable bonds is 5. The molecule has 0 saturated carbocycles. The number of ether oxygens (including phenoxy) is 4. The van der Waals surface area contributed by atoms with Gasteiger partial charge < -0.3 is 44.5 Å². The van der Waals surface area contributed by atoms with Crippen LogP contribution < -0.4 is 0 Å². The minimum atomic E-state index is -1.51. The molecule has 0 aromatic rings. The third-order valence-corrected chi connectivity index (χ3v) is 3.98. The topological polar surface area (TPSA) is 138 Å². The highest BCUT2D eigenvalue weighted by Gasteiger charge is 2.46.